The topological polar surface area (TPSA) is 35.6 Å². The number of carbonyl (C=O) groups is 1. The second kappa shape index (κ2) is 9.34. The highest BCUT2D eigenvalue weighted by Gasteiger charge is 2.16. The molecule has 0 aromatic rings. The van der Waals surface area contributed by atoms with Crippen molar-refractivity contribution in [2.24, 2.45) is 0 Å². The van der Waals surface area contributed by atoms with Crippen molar-refractivity contribution in [3.8, 4) is 0 Å². The number of nitrogens with one attached hydrogen (secondary N) is 1. The van der Waals surface area contributed by atoms with Crippen molar-refractivity contribution in [3.05, 3.63) is 0 Å². The Bertz CT molecular complexity index is 227. The lowest BCUT2D eigenvalue weighted by Gasteiger charge is -2.24. The summed E-state index contributed by atoms with van der Waals surface area (Å²) in [6, 6.07) is 0.508. The molecule has 0 aliphatic heterocycles. The summed E-state index contributed by atoms with van der Waals surface area (Å²) in [6.07, 6.45) is 1.07. The van der Waals surface area contributed by atoms with Crippen molar-refractivity contribution in [3.63, 3.8) is 0 Å². The van der Waals surface area contributed by atoms with E-state index < -0.39 is 0 Å². The Labute approximate surface area is 113 Å². The molecule has 0 heterocycles. The fraction of sp³-hybridized carbons (Fsp3) is 0.929. The second-order valence-corrected chi connectivity index (χ2v) is 5.11. The Balaban J connectivity index is 3.83. The van der Waals surface area contributed by atoms with E-state index in [-0.39, 0.29) is 11.9 Å². The zero-order chi connectivity index (χ0) is 14.1. The maximum Gasteiger partial charge on any atom is 0.239 e. The van der Waals surface area contributed by atoms with Gasteiger partial charge in [-0.25, -0.2) is 0 Å². The molecule has 0 saturated heterocycles. The average molecular weight is 257 g/mol. The molecule has 0 radical (unpaired) electrons. The van der Waals surface area contributed by atoms with Gasteiger partial charge in [0, 0.05) is 19.1 Å². The molecule has 1 atom stereocenters. The Kier molecular flexibility index (Phi) is 9.02. The molecule has 1 amide bonds. The molecule has 0 rings (SSSR count). The van der Waals surface area contributed by atoms with E-state index in [9.17, 15) is 4.79 Å². The van der Waals surface area contributed by atoms with Gasteiger partial charge in [-0.05, 0) is 61.2 Å². The second-order valence-electron chi connectivity index (χ2n) is 5.11. The van der Waals surface area contributed by atoms with E-state index in [2.05, 4.69) is 31.1 Å². The van der Waals surface area contributed by atoms with E-state index >= 15 is 0 Å². The highest BCUT2D eigenvalue weighted by molar-refractivity contribution is 5.81. The van der Waals surface area contributed by atoms with Gasteiger partial charge in [0.1, 0.15) is 0 Å². The molecule has 0 aromatic heterocycles. The summed E-state index contributed by atoms with van der Waals surface area (Å²) in [6.45, 7) is 13.9. The lowest BCUT2D eigenvalue weighted by molar-refractivity contribution is -0.132. The Hall–Kier alpha value is -0.610. The lowest BCUT2D eigenvalue weighted by atomic mass is 10.2. The molecule has 0 fully saturated rings. The van der Waals surface area contributed by atoms with E-state index in [0.29, 0.717) is 6.04 Å². The van der Waals surface area contributed by atoms with Gasteiger partial charge in [-0.15, -0.1) is 0 Å². The number of likely N-dealkylation sites (N-methyl/N-ethyl adjacent to an activating group) is 1. The number of carbonyl (C=O) groups excluding carboxylic acids is 1. The van der Waals surface area contributed by atoms with Gasteiger partial charge in [0.15, 0.2) is 0 Å². The van der Waals surface area contributed by atoms with Crippen molar-refractivity contribution in [1.29, 1.82) is 0 Å². The summed E-state index contributed by atoms with van der Waals surface area (Å²) < 4.78 is 0. The molecule has 1 unspecified atom stereocenters. The van der Waals surface area contributed by atoms with E-state index in [0.717, 1.165) is 32.6 Å². The number of amides is 1. The molecule has 0 spiro atoms. The van der Waals surface area contributed by atoms with Gasteiger partial charge in [0.2, 0.25) is 5.91 Å². The van der Waals surface area contributed by atoms with Crippen molar-refractivity contribution in [2.45, 2.75) is 53.1 Å². The maximum absolute atomic E-state index is 12.0. The first kappa shape index (κ1) is 17.4. The minimum absolute atomic E-state index is 0.0748. The van der Waals surface area contributed by atoms with Crippen LogP contribution < -0.4 is 5.32 Å². The fourth-order valence-electron chi connectivity index (χ4n) is 1.80. The highest BCUT2D eigenvalue weighted by atomic mass is 16.2. The molecule has 1 N–H and O–H groups in total. The zero-order valence-corrected chi connectivity index (χ0v) is 13.0. The summed E-state index contributed by atoms with van der Waals surface area (Å²) in [7, 11) is 2.13. The van der Waals surface area contributed by atoms with Crippen LogP contribution in [0.4, 0.5) is 0 Å². The molecule has 18 heavy (non-hydrogen) atoms. The Morgan fingerprint density at radius 1 is 1.17 bits per heavy atom. The fourth-order valence-corrected chi connectivity index (χ4v) is 1.80. The smallest absolute Gasteiger partial charge is 0.239 e. The Morgan fingerprint density at radius 2 is 1.72 bits per heavy atom. The Morgan fingerprint density at radius 3 is 2.17 bits per heavy atom. The normalized spacial score (nSPS) is 13.1. The third kappa shape index (κ3) is 6.36. The molecule has 0 aromatic carbocycles. The lowest BCUT2D eigenvalue weighted by Crippen LogP contribution is -2.45. The molecule has 4 heteroatoms. The van der Waals surface area contributed by atoms with Crippen LogP contribution in [-0.2, 0) is 4.79 Å². The first-order chi connectivity index (χ1) is 8.43. The van der Waals surface area contributed by atoms with Gasteiger partial charge < -0.3 is 15.1 Å². The minimum Gasteiger partial charge on any atom is -0.342 e. The van der Waals surface area contributed by atoms with Crippen LogP contribution in [0.25, 0.3) is 0 Å². The van der Waals surface area contributed by atoms with Gasteiger partial charge in [-0.1, -0.05) is 0 Å². The number of rotatable bonds is 9. The first-order valence-corrected chi connectivity index (χ1v) is 7.16. The molecular weight excluding hydrogens is 226 g/mol. The SMILES string of the molecule is CCN(CC)C(=O)C(C)NCCCN(C)C(C)C. The third-order valence-corrected chi connectivity index (χ3v) is 3.47. The van der Waals surface area contributed by atoms with Gasteiger partial charge in [-0.2, -0.15) is 0 Å². The largest absolute Gasteiger partial charge is 0.342 e. The van der Waals surface area contributed by atoms with Crippen LogP contribution in [0.3, 0.4) is 0 Å². The third-order valence-electron chi connectivity index (χ3n) is 3.47. The minimum atomic E-state index is -0.0748. The summed E-state index contributed by atoms with van der Waals surface area (Å²) in [5, 5.41) is 3.31. The van der Waals surface area contributed by atoms with Crippen LogP contribution in [0.2, 0.25) is 0 Å². The molecule has 4 nitrogen and oxygen atoms in total. The monoisotopic (exact) mass is 257 g/mol. The maximum atomic E-state index is 12.0. The van der Waals surface area contributed by atoms with E-state index in [4.69, 9.17) is 0 Å². The first-order valence-electron chi connectivity index (χ1n) is 7.16. The van der Waals surface area contributed by atoms with E-state index in [1.165, 1.54) is 0 Å². The van der Waals surface area contributed by atoms with Gasteiger partial charge >= 0.3 is 0 Å². The zero-order valence-electron chi connectivity index (χ0n) is 13.0. The van der Waals surface area contributed by atoms with Gasteiger partial charge in [-0.3, -0.25) is 4.79 Å². The number of nitrogens with zero attached hydrogens (tertiary/aromatic N) is 2. The standard InChI is InChI=1S/C14H31N3O/c1-7-17(8-2)14(18)13(5)15-10-9-11-16(6)12(3)4/h12-13,15H,7-11H2,1-6H3. The predicted molar refractivity (Wildman–Crippen MR) is 77.8 cm³/mol. The quantitative estimate of drug-likeness (QED) is 0.637. The van der Waals surface area contributed by atoms with Crippen molar-refractivity contribution < 1.29 is 4.79 Å². The van der Waals surface area contributed by atoms with Gasteiger partial charge in [0.05, 0.1) is 6.04 Å². The van der Waals surface area contributed by atoms with Crippen LogP contribution in [-0.4, -0.2) is 61.0 Å². The van der Waals surface area contributed by atoms with Crippen LogP contribution in [0.5, 0.6) is 0 Å². The number of hydrogen-bond donors (Lipinski definition) is 1. The van der Waals surface area contributed by atoms with Crippen molar-refractivity contribution in [2.75, 3.05) is 33.2 Å². The summed E-state index contributed by atoms with van der Waals surface area (Å²) >= 11 is 0. The van der Waals surface area contributed by atoms with Gasteiger partial charge in [0.25, 0.3) is 0 Å². The highest BCUT2D eigenvalue weighted by Crippen LogP contribution is 1.97. The molecule has 0 saturated carbocycles. The van der Waals surface area contributed by atoms with Crippen molar-refractivity contribution in [1.82, 2.24) is 15.1 Å². The molecule has 108 valence electrons. The van der Waals surface area contributed by atoms with E-state index in [1.54, 1.807) is 0 Å². The summed E-state index contributed by atoms with van der Waals surface area (Å²) in [5.41, 5.74) is 0. The number of hydrogen-bond acceptors (Lipinski definition) is 3. The van der Waals surface area contributed by atoms with Crippen molar-refractivity contribution >= 4 is 5.91 Å². The average Bonchev–Trinajstić information content (AvgIpc) is 2.35. The molecule has 0 aliphatic carbocycles. The molecule has 0 aliphatic rings. The van der Waals surface area contributed by atoms with Crippen LogP contribution in [0, 0.1) is 0 Å². The summed E-state index contributed by atoms with van der Waals surface area (Å²) in [5.74, 6) is 0.206. The molecule has 0 bridgehead atoms. The van der Waals surface area contributed by atoms with Crippen LogP contribution in [0.15, 0.2) is 0 Å². The predicted octanol–water partition coefficient (Wildman–Crippen LogP) is 1.56. The molecular formula is C14H31N3O. The van der Waals surface area contributed by atoms with Crippen LogP contribution in [0.1, 0.15) is 41.0 Å². The van der Waals surface area contributed by atoms with E-state index in [1.807, 2.05) is 25.7 Å². The summed E-state index contributed by atoms with van der Waals surface area (Å²) in [4.78, 5) is 16.2. The van der Waals surface area contributed by atoms with Crippen LogP contribution >= 0.6 is 0 Å².